The molecule has 0 radical (unpaired) electrons. The van der Waals surface area contributed by atoms with Gasteiger partial charge in [-0.1, -0.05) is 6.07 Å². The zero-order valence-corrected chi connectivity index (χ0v) is 14.4. The first-order chi connectivity index (χ1) is 9.90. The number of hydrogen-bond donors (Lipinski definition) is 1. The van der Waals surface area contributed by atoms with Gasteiger partial charge in [-0.3, -0.25) is 9.67 Å². The number of nitrogens with zero attached hydrogens (tertiary/aromatic N) is 4. The fraction of sp³-hybridized carbons (Fsp3) is 0.467. The van der Waals surface area contributed by atoms with Crippen molar-refractivity contribution in [2.24, 2.45) is 0 Å². The van der Waals surface area contributed by atoms with Gasteiger partial charge < -0.3 is 10.0 Å². The number of hydrogen-bond acceptors (Lipinski definition) is 4. The molecule has 2 aromatic rings. The Hall–Kier alpha value is -1.24. The van der Waals surface area contributed by atoms with Crippen molar-refractivity contribution in [2.45, 2.75) is 26.5 Å². The van der Waals surface area contributed by atoms with Gasteiger partial charge in [0.05, 0.1) is 22.9 Å². The van der Waals surface area contributed by atoms with Crippen molar-refractivity contribution in [2.75, 3.05) is 20.6 Å². The number of halogens is 1. The van der Waals surface area contributed by atoms with Crippen LogP contribution in [0, 0.1) is 13.8 Å². The smallest absolute Gasteiger partial charge is 0.124 e. The summed E-state index contributed by atoms with van der Waals surface area (Å²) in [4.78, 5) is 6.51. The van der Waals surface area contributed by atoms with Crippen LogP contribution in [-0.2, 0) is 6.54 Å². The molecule has 0 spiro atoms. The zero-order chi connectivity index (χ0) is 15.6. The fourth-order valence-corrected chi connectivity index (χ4v) is 2.76. The van der Waals surface area contributed by atoms with Crippen molar-refractivity contribution in [3.8, 4) is 0 Å². The minimum absolute atomic E-state index is 0.726. The summed E-state index contributed by atoms with van der Waals surface area (Å²) >= 11 is 3.48. The molecule has 0 aliphatic heterocycles. The van der Waals surface area contributed by atoms with Gasteiger partial charge in [0.1, 0.15) is 6.10 Å². The van der Waals surface area contributed by atoms with Crippen molar-refractivity contribution in [3.05, 3.63) is 45.4 Å². The summed E-state index contributed by atoms with van der Waals surface area (Å²) < 4.78 is 2.65. The Labute approximate surface area is 133 Å². The van der Waals surface area contributed by atoms with Crippen LogP contribution in [0.1, 0.15) is 28.7 Å². The number of aromatic nitrogens is 3. The van der Waals surface area contributed by atoms with E-state index in [4.69, 9.17) is 0 Å². The molecule has 0 aliphatic carbocycles. The van der Waals surface area contributed by atoms with Gasteiger partial charge in [0, 0.05) is 23.5 Å². The van der Waals surface area contributed by atoms with E-state index < -0.39 is 6.10 Å². The molecule has 6 heteroatoms. The van der Waals surface area contributed by atoms with Crippen molar-refractivity contribution in [3.63, 3.8) is 0 Å². The van der Waals surface area contributed by atoms with Crippen LogP contribution in [0.2, 0.25) is 0 Å². The topological polar surface area (TPSA) is 54.2 Å². The SMILES string of the molecule is Cc1ccc(C(O)c2c(Br)cnn2CCN(C)C)c(C)n1. The summed E-state index contributed by atoms with van der Waals surface area (Å²) in [5.74, 6) is 0. The first-order valence-electron chi connectivity index (χ1n) is 6.88. The Bertz CT molecular complexity index is 624. The third-order valence-electron chi connectivity index (χ3n) is 3.41. The average molecular weight is 353 g/mol. The highest BCUT2D eigenvalue weighted by Crippen LogP contribution is 2.29. The van der Waals surface area contributed by atoms with E-state index in [9.17, 15) is 5.11 Å². The molecule has 0 aliphatic rings. The summed E-state index contributed by atoms with van der Waals surface area (Å²) in [6.07, 6.45) is 0.989. The molecule has 1 N–H and O–H groups in total. The molecule has 2 rings (SSSR count). The summed E-state index contributed by atoms with van der Waals surface area (Å²) in [5.41, 5.74) is 3.37. The average Bonchev–Trinajstić information content (AvgIpc) is 2.77. The Balaban J connectivity index is 2.34. The lowest BCUT2D eigenvalue weighted by Gasteiger charge is -2.17. The van der Waals surface area contributed by atoms with E-state index in [0.717, 1.165) is 40.2 Å². The lowest BCUT2D eigenvalue weighted by molar-refractivity contribution is 0.203. The number of aryl methyl sites for hydroxylation is 2. The van der Waals surface area contributed by atoms with Gasteiger partial charge in [-0.2, -0.15) is 5.10 Å². The van der Waals surface area contributed by atoms with Crippen molar-refractivity contribution < 1.29 is 5.11 Å². The maximum atomic E-state index is 10.7. The third-order valence-corrected chi connectivity index (χ3v) is 4.02. The molecule has 0 amide bonds. The number of likely N-dealkylation sites (N-methyl/N-ethyl adjacent to an activating group) is 1. The van der Waals surface area contributed by atoms with Crippen molar-refractivity contribution in [1.29, 1.82) is 0 Å². The van der Waals surface area contributed by atoms with Gasteiger partial charge in [-0.15, -0.1) is 0 Å². The number of aliphatic hydroxyl groups excluding tert-OH is 1. The van der Waals surface area contributed by atoms with Crippen LogP contribution >= 0.6 is 15.9 Å². The Morgan fingerprint density at radius 3 is 2.67 bits per heavy atom. The maximum Gasteiger partial charge on any atom is 0.124 e. The molecule has 21 heavy (non-hydrogen) atoms. The second-order valence-corrected chi connectivity index (χ2v) is 6.29. The number of aliphatic hydroxyl groups is 1. The molecule has 1 atom stereocenters. The van der Waals surface area contributed by atoms with Gasteiger partial charge in [0.2, 0.25) is 0 Å². The second-order valence-electron chi connectivity index (χ2n) is 5.43. The standard InChI is InChI=1S/C15H21BrN4O/c1-10-5-6-12(11(2)18-10)15(21)14-13(16)9-17-20(14)8-7-19(3)4/h5-6,9,15,21H,7-8H2,1-4H3. The van der Waals surface area contributed by atoms with Crippen LogP contribution in [0.15, 0.2) is 22.8 Å². The minimum atomic E-state index is -0.739. The molecule has 0 bridgehead atoms. The number of pyridine rings is 1. The van der Waals surface area contributed by atoms with E-state index in [0.29, 0.717) is 0 Å². The predicted molar refractivity (Wildman–Crippen MR) is 86.3 cm³/mol. The van der Waals surface area contributed by atoms with Crippen molar-refractivity contribution in [1.82, 2.24) is 19.7 Å². The van der Waals surface area contributed by atoms with Gasteiger partial charge in [0.25, 0.3) is 0 Å². The van der Waals surface area contributed by atoms with E-state index in [1.807, 2.05) is 44.8 Å². The molecule has 114 valence electrons. The molecule has 0 aromatic carbocycles. The molecule has 1 unspecified atom stereocenters. The van der Waals surface area contributed by atoms with Gasteiger partial charge in [-0.25, -0.2) is 0 Å². The summed E-state index contributed by atoms with van der Waals surface area (Å²) in [6.45, 7) is 5.45. The highest BCUT2D eigenvalue weighted by Gasteiger charge is 2.21. The molecule has 0 saturated carbocycles. The minimum Gasteiger partial charge on any atom is -0.382 e. The van der Waals surface area contributed by atoms with E-state index in [-0.39, 0.29) is 0 Å². The zero-order valence-electron chi connectivity index (χ0n) is 12.8. The first kappa shape index (κ1) is 16.1. The maximum absolute atomic E-state index is 10.7. The van der Waals surface area contributed by atoms with E-state index in [2.05, 4.69) is 30.9 Å². The molecule has 5 nitrogen and oxygen atoms in total. The lowest BCUT2D eigenvalue weighted by Crippen LogP contribution is -2.21. The van der Waals surface area contributed by atoms with Crippen LogP contribution in [0.4, 0.5) is 0 Å². The largest absolute Gasteiger partial charge is 0.382 e. The lowest BCUT2D eigenvalue weighted by atomic mass is 10.0. The second kappa shape index (κ2) is 6.68. The molecule has 0 fully saturated rings. The summed E-state index contributed by atoms with van der Waals surface area (Å²) in [6, 6.07) is 3.85. The highest BCUT2D eigenvalue weighted by atomic mass is 79.9. The van der Waals surface area contributed by atoms with Crippen LogP contribution in [0.25, 0.3) is 0 Å². The Morgan fingerprint density at radius 2 is 2.05 bits per heavy atom. The van der Waals surface area contributed by atoms with Crippen LogP contribution in [0.3, 0.4) is 0 Å². The van der Waals surface area contributed by atoms with Crippen LogP contribution in [0.5, 0.6) is 0 Å². The van der Waals surface area contributed by atoms with Crippen LogP contribution < -0.4 is 0 Å². The van der Waals surface area contributed by atoms with E-state index in [1.54, 1.807) is 6.20 Å². The molecular formula is C15H21BrN4O. The van der Waals surface area contributed by atoms with Crippen molar-refractivity contribution >= 4 is 15.9 Å². The Morgan fingerprint density at radius 1 is 1.33 bits per heavy atom. The van der Waals surface area contributed by atoms with Gasteiger partial charge >= 0.3 is 0 Å². The Kier molecular flexibility index (Phi) is 5.13. The monoisotopic (exact) mass is 352 g/mol. The number of rotatable bonds is 5. The van der Waals surface area contributed by atoms with Crippen LogP contribution in [-0.4, -0.2) is 45.4 Å². The molecule has 2 heterocycles. The molecular weight excluding hydrogens is 332 g/mol. The van der Waals surface area contributed by atoms with E-state index in [1.165, 1.54) is 0 Å². The molecule has 0 saturated heterocycles. The fourth-order valence-electron chi connectivity index (χ4n) is 2.25. The highest BCUT2D eigenvalue weighted by molar-refractivity contribution is 9.10. The summed E-state index contributed by atoms with van der Waals surface area (Å²) in [7, 11) is 4.03. The van der Waals surface area contributed by atoms with Gasteiger partial charge in [-0.05, 0) is 49.9 Å². The summed E-state index contributed by atoms with van der Waals surface area (Å²) in [5, 5.41) is 15.1. The predicted octanol–water partition coefficient (Wildman–Crippen LogP) is 2.30. The normalized spacial score (nSPS) is 12.9. The molecule has 2 aromatic heterocycles. The van der Waals surface area contributed by atoms with Gasteiger partial charge in [0.15, 0.2) is 0 Å². The van der Waals surface area contributed by atoms with E-state index >= 15 is 0 Å². The third kappa shape index (κ3) is 3.70. The first-order valence-corrected chi connectivity index (χ1v) is 7.67. The quantitative estimate of drug-likeness (QED) is 0.896.